The number of hydrogen-bond acceptors (Lipinski definition) is 5. The summed E-state index contributed by atoms with van der Waals surface area (Å²) in [6.45, 7) is 2.91. The van der Waals surface area contributed by atoms with E-state index in [2.05, 4.69) is 10.5 Å². The number of nitrogens with one attached hydrogen (secondary N) is 1. The molecular weight excluding hydrogens is 356 g/mol. The highest BCUT2D eigenvalue weighted by atomic mass is 16.4. The molecule has 152 valence electrons. The number of hydrogen-bond donors (Lipinski definition) is 2. The number of carbonyl (C=O) groups is 2. The molecule has 1 saturated carbocycles. The highest BCUT2D eigenvalue weighted by molar-refractivity contribution is 6.00. The van der Waals surface area contributed by atoms with Crippen LogP contribution < -0.4 is 5.32 Å². The van der Waals surface area contributed by atoms with Crippen LogP contribution in [0.2, 0.25) is 0 Å². The van der Waals surface area contributed by atoms with Crippen LogP contribution in [0.5, 0.6) is 0 Å². The molecule has 1 aliphatic heterocycles. The van der Waals surface area contributed by atoms with Crippen molar-refractivity contribution < 1.29 is 14.7 Å². The highest BCUT2D eigenvalue weighted by Gasteiger charge is 2.42. The normalized spacial score (nSPS) is 28.6. The van der Waals surface area contributed by atoms with E-state index in [0.29, 0.717) is 12.0 Å². The van der Waals surface area contributed by atoms with Crippen LogP contribution in [0, 0.1) is 22.2 Å². The molecule has 1 spiro atoms. The Morgan fingerprint density at radius 1 is 1.18 bits per heavy atom. The fourth-order valence-electron chi connectivity index (χ4n) is 5.05. The van der Waals surface area contributed by atoms with Crippen LogP contribution in [0.15, 0.2) is 29.4 Å². The Morgan fingerprint density at radius 3 is 2.32 bits per heavy atom. The number of benzene rings is 1. The van der Waals surface area contributed by atoms with Crippen LogP contribution in [0.1, 0.15) is 67.8 Å². The van der Waals surface area contributed by atoms with Crippen LogP contribution >= 0.6 is 0 Å². The third-order valence-electron chi connectivity index (χ3n) is 6.91. The van der Waals surface area contributed by atoms with Crippen molar-refractivity contribution in [1.29, 1.82) is 0 Å². The molecule has 2 atom stereocenters. The topological polar surface area (TPSA) is 95.8 Å². The maximum absolute atomic E-state index is 12.8. The number of carbonyl (C=O) groups excluding carboxylic acids is 1. The number of rotatable bonds is 7. The summed E-state index contributed by atoms with van der Waals surface area (Å²) in [6, 6.07) is 6.95. The Labute approximate surface area is 166 Å². The molecule has 2 N–H and O–H groups in total. The summed E-state index contributed by atoms with van der Waals surface area (Å²) >= 11 is 0. The second kappa shape index (κ2) is 8.95. The van der Waals surface area contributed by atoms with Crippen molar-refractivity contribution in [2.75, 3.05) is 6.54 Å². The largest absolute Gasteiger partial charge is 0.481 e. The lowest BCUT2D eigenvalue weighted by atomic mass is 9.63. The highest BCUT2D eigenvalue weighted by Crippen LogP contribution is 2.46. The van der Waals surface area contributed by atoms with Crippen molar-refractivity contribution in [3.8, 4) is 0 Å². The number of ketones is 1. The van der Waals surface area contributed by atoms with E-state index >= 15 is 0 Å². The van der Waals surface area contributed by atoms with Crippen molar-refractivity contribution in [3.05, 3.63) is 40.3 Å². The molecule has 1 heterocycles. The minimum atomic E-state index is -0.661. The number of nitrogens with zero attached hydrogens (tertiary/aromatic N) is 1. The molecule has 2 fully saturated rings. The van der Waals surface area contributed by atoms with Gasteiger partial charge in [0.15, 0.2) is 5.78 Å². The van der Waals surface area contributed by atoms with Gasteiger partial charge in [0.1, 0.15) is 6.54 Å². The monoisotopic (exact) mass is 386 g/mol. The summed E-state index contributed by atoms with van der Waals surface area (Å²) in [5.41, 5.74) is 1.69. The molecule has 28 heavy (non-hydrogen) atoms. The zero-order valence-corrected chi connectivity index (χ0v) is 16.5. The average Bonchev–Trinajstić information content (AvgIpc) is 2.71. The SMILES string of the molecule is CCC(C(=O)O)C1CCC2(CCC(C(=O)c3ccc(CN=O)cc3)NC2)CC1. The van der Waals surface area contributed by atoms with E-state index in [1.807, 2.05) is 6.92 Å². The lowest BCUT2D eigenvalue weighted by Crippen LogP contribution is -2.50. The number of aliphatic carboxylic acids is 1. The maximum Gasteiger partial charge on any atom is 0.306 e. The van der Waals surface area contributed by atoms with Gasteiger partial charge >= 0.3 is 5.97 Å². The van der Waals surface area contributed by atoms with Gasteiger partial charge in [-0.2, -0.15) is 4.91 Å². The van der Waals surface area contributed by atoms with E-state index in [9.17, 15) is 19.6 Å². The van der Waals surface area contributed by atoms with Crippen molar-refractivity contribution in [3.63, 3.8) is 0 Å². The van der Waals surface area contributed by atoms with Gasteiger partial charge in [0.05, 0.1) is 12.0 Å². The molecule has 0 bridgehead atoms. The molecule has 1 saturated heterocycles. The zero-order chi connectivity index (χ0) is 20.1. The molecule has 3 rings (SSSR count). The van der Waals surface area contributed by atoms with E-state index in [-0.39, 0.29) is 35.6 Å². The molecule has 2 aliphatic rings. The Bertz CT molecular complexity index is 698. The van der Waals surface area contributed by atoms with Crippen molar-refractivity contribution >= 4 is 11.8 Å². The minimum Gasteiger partial charge on any atom is -0.481 e. The first kappa shape index (κ1) is 20.6. The van der Waals surface area contributed by atoms with E-state index in [4.69, 9.17) is 0 Å². The molecule has 1 aliphatic carbocycles. The smallest absolute Gasteiger partial charge is 0.306 e. The quantitative estimate of drug-likeness (QED) is 0.541. The lowest BCUT2D eigenvalue weighted by molar-refractivity contribution is -0.144. The Kier molecular flexibility index (Phi) is 6.60. The fourth-order valence-corrected chi connectivity index (χ4v) is 5.05. The van der Waals surface area contributed by atoms with E-state index in [1.165, 1.54) is 0 Å². The number of Topliss-reactive ketones (excluding diaryl/α,β-unsaturated/α-hetero) is 1. The van der Waals surface area contributed by atoms with Gasteiger partial charge in [0, 0.05) is 12.1 Å². The van der Waals surface area contributed by atoms with E-state index < -0.39 is 5.97 Å². The summed E-state index contributed by atoms with van der Waals surface area (Å²) < 4.78 is 0. The average molecular weight is 386 g/mol. The van der Waals surface area contributed by atoms with Gasteiger partial charge in [-0.05, 0) is 61.8 Å². The number of carboxylic acid groups (broad SMARTS) is 1. The molecule has 0 radical (unpaired) electrons. The molecule has 6 heteroatoms. The van der Waals surface area contributed by atoms with Crippen molar-refractivity contribution in [2.45, 2.75) is 64.5 Å². The van der Waals surface area contributed by atoms with Gasteiger partial charge in [-0.25, -0.2) is 0 Å². The lowest BCUT2D eigenvalue weighted by Gasteiger charge is -2.46. The molecule has 2 unspecified atom stereocenters. The summed E-state index contributed by atoms with van der Waals surface area (Å²) in [5, 5.41) is 15.7. The third kappa shape index (κ3) is 4.49. The fraction of sp³-hybridized carbons (Fsp3) is 0.636. The van der Waals surface area contributed by atoms with Gasteiger partial charge in [-0.1, -0.05) is 36.4 Å². The molecule has 6 nitrogen and oxygen atoms in total. The first-order valence-corrected chi connectivity index (χ1v) is 10.4. The van der Waals surface area contributed by atoms with Gasteiger partial charge in [-0.15, -0.1) is 0 Å². The third-order valence-corrected chi connectivity index (χ3v) is 6.91. The van der Waals surface area contributed by atoms with E-state index in [1.54, 1.807) is 24.3 Å². The van der Waals surface area contributed by atoms with Gasteiger partial charge in [0.2, 0.25) is 0 Å². The van der Waals surface area contributed by atoms with Crippen LogP contribution in [0.4, 0.5) is 0 Å². The molecule has 0 aromatic heterocycles. The number of carboxylic acids is 1. The zero-order valence-electron chi connectivity index (χ0n) is 16.5. The Balaban J connectivity index is 1.53. The molecule has 1 aromatic carbocycles. The van der Waals surface area contributed by atoms with Crippen LogP contribution in [-0.4, -0.2) is 29.4 Å². The van der Waals surface area contributed by atoms with E-state index in [0.717, 1.165) is 50.6 Å². The van der Waals surface area contributed by atoms with Crippen LogP contribution in [0.25, 0.3) is 0 Å². The Hall–Kier alpha value is -2.08. The maximum atomic E-state index is 12.8. The summed E-state index contributed by atoms with van der Waals surface area (Å²) in [6.07, 6.45) is 6.56. The standard InChI is InChI=1S/C22H30N2O4/c1-2-18(21(26)27)16-7-10-22(11-8-16)12-9-19(23-14-22)20(25)17-5-3-15(4-6-17)13-24-28/h3-6,16,18-19,23H,2,7-14H2,1H3,(H,26,27). The predicted octanol–water partition coefficient (Wildman–Crippen LogP) is 4.18. The van der Waals surface area contributed by atoms with Gasteiger partial charge in [-0.3, -0.25) is 9.59 Å². The Morgan fingerprint density at radius 2 is 1.82 bits per heavy atom. The van der Waals surface area contributed by atoms with Gasteiger partial charge < -0.3 is 10.4 Å². The van der Waals surface area contributed by atoms with Crippen LogP contribution in [0.3, 0.4) is 0 Å². The minimum absolute atomic E-state index is 0.103. The van der Waals surface area contributed by atoms with Crippen LogP contribution in [-0.2, 0) is 11.3 Å². The number of piperidine rings is 1. The number of nitroso groups, excluding NO2 is 1. The first-order valence-electron chi connectivity index (χ1n) is 10.4. The summed E-state index contributed by atoms with van der Waals surface area (Å²) in [4.78, 5) is 34.6. The first-order chi connectivity index (χ1) is 13.5. The van der Waals surface area contributed by atoms with Gasteiger partial charge in [0.25, 0.3) is 0 Å². The summed E-state index contributed by atoms with van der Waals surface area (Å²) in [5.74, 6) is -0.496. The molecule has 1 aromatic rings. The second-order valence-corrected chi connectivity index (χ2v) is 8.51. The van der Waals surface area contributed by atoms with Crippen molar-refractivity contribution in [2.24, 2.45) is 22.4 Å². The molecular formula is C22H30N2O4. The second-order valence-electron chi connectivity index (χ2n) is 8.51. The van der Waals surface area contributed by atoms with Crippen molar-refractivity contribution in [1.82, 2.24) is 5.32 Å². The molecule has 0 amide bonds. The summed E-state index contributed by atoms with van der Waals surface area (Å²) in [7, 11) is 0. The predicted molar refractivity (Wildman–Crippen MR) is 107 cm³/mol.